The normalized spacial score (nSPS) is 9.88. The summed E-state index contributed by atoms with van der Waals surface area (Å²) in [5, 5.41) is 10.2. The molecule has 0 spiro atoms. The summed E-state index contributed by atoms with van der Waals surface area (Å²) in [6.45, 7) is 0. The number of carboxylic acid groups (broad SMARTS) is 1. The van der Waals surface area contributed by atoms with Crippen molar-refractivity contribution in [2.75, 3.05) is 5.01 Å². The van der Waals surface area contributed by atoms with E-state index in [0.717, 1.165) is 5.01 Å². The highest BCUT2D eigenvalue weighted by Crippen LogP contribution is 2.15. The van der Waals surface area contributed by atoms with Crippen LogP contribution in [0.25, 0.3) is 0 Å². The van der Waals surface area contributed by atoms with Crippen LogP contribution in [0, 0.1) is 0 Å². The monoisotopic (exact) mass is 231 g/mol. The lowest BCUT2D eigenvalue weighted by atomic mass is 10.4. The number of amides is 1. The van der Waals surface area contributed by atoms with Crippen molar-refractivity contribution in [3.05, 3.63) is 48.5 Å². The Balaban J connectivity index is 2.51. The number of aldehydes is 1. The topological polar surface area (TPSA) is 75.4 Å². The summed E-state index contributed by atoms with van der Waals surface area (Å²) in [5.74, 6) is 0. The molecule has 0 aliphatic rings. The lowest BCUT2D eigenvalue weighted by Gasteiger charge is -2.21. The molecule has 1 amide bonds. The second kappa shape index (κ2) is 4.48. The van der Waals surface area contributed by atoms with E-state index in [4.69, 9.17) is 0 Å². The average Bonchev–Trinajstić information content (AvgIpc) is 2.78. The zero-order valence-electron chi connectivity index (χ0n) is 8.72. The fraction of sp³-hybridized carbons (Fsp3) is 0. The van der Waals surface area contributed by atoms with Crippen LogP contribution in [0.4, 0.5) is 10.5 Å². The summed E-state index contributed by atoms with van der Waals surface area (Å²) in [4.78, 5) is 25.8. The lowest BCUT2D eigenvalue weighted by Crippen LogP contribution is -2.35. The van der Waals surface area contributed by atoms with E-state index in [-0.39, 0.29) is 5.69 Å². The summed E-state index contributed by atoms with van der Waals surface area (Å²) < 4.78 is 1.25. The first-order valence-corrected chi connectivity index (χ1v) is 4.80. The molecule has 86 valence electrons. The van der Waals surface area contributed by atoms with Crippen LogP contribution in [0.3, 0.4) is 0 Å². The molecule has 0 saturated heterocycles. The van der Waals surface area contributed by atoms with Gasteiger partial charge in [0.1, 0.15) is 5.69 Å². The Bertz CT molecular complexity index is 536. The predicted octanol–water partition coefficient (Wildman–Crippen LogP) is 1.64. The van der Waals surface area contributed by atoms with Crippen LogP contribution in [0.15, 0.2) is 42.9 Å². The summed E-state index contributed by atoms with van der Waals surface area (Å²) >= 11 is 0. The number of hydrogen-bond donors (Lipinski definition) is 1. The summed E-state index contributed by atoms with van der Waals surface area (Å²) in [6.07, 6.45) is 3.87. The molecule has 0 aliphatic carbocycles. The second-order valence-corrected chi connectivity index (χ2v) is 3.20. The van der Waals surface area contributed by atoms with Crippen LogP contribution >= 0.6 is 0 Å². The van der Waals surface area contributed by atoms with E-state index in [9.17, 15) is 14.7 Å². The molecule has 0 atom stereocenters. The zero-order chi connectivity index (χ0) is 12.3. The van der Waals surface area contributed by atoms with Gasteiger partial charge in [0.2, 0.25) is 0 Å². The number of anilines is 1. The van der Waals surface area contributed by atoms with Gasteiger partial charge in [0.05, 0.1) is 5.69 Å². The number of aromatic nitrogens is 2. The fourth-order valence-corrected chi connectivity index (χ4v) is 1.47. The Hall–Kier alpha value is -2.63. The Morgan fingerprint density at radius 3 is 2.65 bits per heavy atom. The molecule has 2 heterocycles. The van der Waals surface area contributed by atoms with E-state index in [0.29, 0.717) is 12.0 Å². The van der Waals surface area contributed by atoms with E-state index in [2.05, 4.69) is 4.98 Å². The van der Waals surface area contributed by atoms with Gasteiger partial charge in [-0.2, -0.15) is 5.01 Å². The number of rotatable bonds is 3. The standard InChI is InChI=1S/C11H9N3O3/c15-8-10-2-1-7-13(10)14(11(16)17)9-3-5-12-6-4-9/h1-8H,(H,16,17). The van der Waals surface area contributed by atoms with Crippen molar-refractivity contribution in [1.29, 1.82) is 0 Å². The van der Waals surface area contributed by atoms with Gasteiger partial charge in [-0.15, -0.1) is 0 Å². The number of carbonyl (C=O) groups excluding carboxylic acids is 1. The van der Waals surface area contributed by atoms with Gasteiger partial charge in [-0.3, -0.25) is 9.78 Å². The highest BCUT2D eigenvalue weighted by molar-refractivity contribution is 5.87. The molecule has 2 aromatic rings. The quantitative estimate of drug-likeness (QED) is 0.815. The van der Waals surface area contributed by atoms with Crippen LogP contribution < -0.4 is 5.01 Å². The van der Waals surface area contributed by atoms with Gasteiger partial charge in [0.25, 0.3) is 0 Å². The van der Waals surface area contributed by atoms with E-state index >= 15 is 0 Å². The first-order valence-electron chi connectivity index (χ1n) is 4.80. The van der Waals surface area contributed by atoms with E-state index in [1.807, 2.05) is 0 Å². The molecule has 0 radical (unpaired) electrons. The summed E-state index contributed by atoms with van der Waals surface area (Å²) in [6, 6.07) is 6.22. The van der Waals surface area contributed by atoms with Crippen molar-refractivity contribution in [3.8, 4) is 0 Å². The molecule has 0 aliphatic heterocycles. The third-order valence-electron chi connectivity index (χ3n) is 2.18. The Morgan fingerprint density at radius 2 is 2.06 bits per heavy atom. The van der Waals surface area contributed by atoms with Gasteiger partial charge < -0.3 is 5.11 Å². The molecule has 17 heavy (non-hydrogen) atoms. The van der Waals surface area contributed by atoms with Crippen molar-refractivity contribution < 1.29 is 14.7 Å². The highest BCUT2D eigenvalue weighted by atomic mass is 16.4. The molecule has 2 aromatic heterocycles. The zero-order valence-corrected chi connectivity index (χ0v) is 8.72. The van der Waals surface area contributed by atoms with Gasteiger partial charge in [0, 0.05) is 18.6 Å². The number of hydrogen-bond acceptors (Lipinski definition) is 3. The minimum absolute atomic E-state index is 0.254. The summed E-state index contributed by atoms with van der Waals surface area (Å²) in [7, 11) is 0. The molecule has 0 fully saturated rings. The molecule has 0 saturated carbocycles. The van der Waals surface area contributed by atoms with Crippen molar-refractivity contribution in [2.24, 2.45) is 0 Å². The lowest BCUT2D eigenvalue weighted by molar-refractivity contribution is 0.111. The van der Waals surface area contributed by atoms with Crippen molar-refractivity contribution in [2.45, 2.75) is 0 Å². The maximum Gasteiger partial charge on any atom is 0.431 e. The molecular weight excluding hydrogens is 222 g/mol. The van der Waals surface area contributed by atoms with Gasteiger partial charge in [-0.05, 0) is 24.3 Å². The van der Waals surface area contributed by atoms with Crippen molar-refractivity contribution in [1.82, 2.24) is 9.66 Å². The number of pyridine rings is 1. The van der Waals surface area contributed by atoms with Crippen LogP contribution in [-0.2, 0) is 0 Å². The van der Waals surface area contributed by atoms with Gasteiger partial charge in [-0.25, -0.2) is 9.47 Å². The minimum atomic E-state index is -1.18. The largest absolute Gasteiger partial charge is 0.463 e. The molecule has 1 N–H and O–H groups in total. The smallest absolute Gasteiger partial charge is 0.431 e. The van der Waals surface area contributed by atoms with Crippen LogP contribution in [-0.4, -0.2) is 27.1 Å². The van der Waals surface area contributed by atoms with Crippen LogP contribution in [0.5, 0.6) is 0 Å². The highest BCUT2D eigenvalue weighted by Gasteiger charge is 2.18. The van der Waals surface area contributed by atoms with Crippen LogP contribution in [0.1, 0.15) is 10.5 Å². The minimum Gasteiger partial charge on any atom is -0.463 e. The molecule has 2 rings (SSSR count). The van der Waals surface area contributed by atoms with E-state index < -0.39 is 6.09 Å². The first-order chi connectivity index (χ1) is 8.24. The number of carbonyl (C=O) groups is 2. The first kappa shape index (κ1) is 10.9. The Morgan fingerprint density at radius 1 is 1.35 bits per heavy atom. The molecule has 6 nitrogen and oxygen atoms in total. The van der Waals surface area contributed by atoms with E-state index in [1.165, 1.54) is 29.3 Å². The molecular formula is C11H9N3O3. The predicted molar refractivity (Wildman–Crippen MR) is 60.0 cm³/mol. The van der Waals surface area contributed by atoms with Crippen molar-refractivity contribution >= 4 is 18.1 Å². The van der Waals surface area contributed by atoms with E-state index in [1.54, 1.807) is 18.2 Å². The molecule has 0 bridgehead atoms. The Kier molecular flexibility index (Phi) is 2.87. The molecule has 0 aromatic carbocycles. The third-order valence-corrected chi connectivity index (χ3v) is 2.18. The Labute approximate surface area is 96.7 Å². The van der Waals surface area contributed by atoms with Crippen LogP contribution in [0.2, 0.25) is 0 Å². The van der Waals surface area contributed by atoms with Crippen molar-refractivity contribution in [3.63, 3.8) is 0 Å². The van der Waals surface area contributed by atoms with Gasteiger partial charge >= 0.3 is 6.09 Å². The number of nitrogens with zero attached hydrogens (tertiary/aromatic N) is 3. The van der Waals surface area contributed by atoms with Gasteiger partial charge in [-0.1, -0.05) is 0 Å². The SMILES string of the molecule is O=Cc1cccn1N(C(=O)O)c1ccncc1. The maximum atomic E-state index is 11.2. The van der Waals surface area contributed by atoms with Gasteiger partial charge in [0.15, 0.2) is 6.29 Å². The third kappa shape index (κ3) is 2.00. The second-order valence-electron chi connectivity index (χ2n) is 3.20. The average molecular weight is 231 g/mol. The fourth-order valence-electron chi connectivity index (χ4n) is 1.47. The summed E-state index contributed by atoms with van der Waals surface area (Å²) in [5.41, 5.74) is 0.663. The molecule has 6 heteroatoms. The molecule has 0 unspecified atom stereocenters. The maximum absolute atomic E-state index is 11.2.